The second-order valence-electron chi connectivity index (χ2n) is 26.0. The average molecular weight is 1180 g/mol. The van der Waals surface area contributed by atoms with E-state index in [1.54, 1.807) is 0 Å². The molecule has 0 bridgehead atoms. The molecule has 0 spiro atoms. The first-order chi connectivity index (χ1) is 40.0. The molecule has 2 unspecified atom stereocenters. The summed E-state index contributed by atoms with van der Waals surface area (Å²) in [5.74, 6) is -0.776. The van der Waals surface area contributed by atoms with E-state index in [0.29, 0.717) is 23.9 Å². The minimum Gasteiger partial charge on any atom is -0.462 e. The lowest BCUT2D eigenvalue weighted by molar-refractivity contribution is -0.870. The van der Waals surface area contributed by atoms with Crippen molar-refractivity contribution in [2.75, 3.05) is 47.5 Å². The van der Waals surface area contributed by atoms with E-state index in [2.05, 4.69) is 38.2 Å². The van der Waals surface area contributed by atoms with E-state index in [9.17, 15) is 19.0 Å². The molecule has 0 aromatic rings. The maximum Gasteiger partial charge on any atom is 0.472 e. The lowest BCUT2D eigenvalue weighted by Gasteiger charge is -2.24. The molecule has 0 aliphatic rings. The van der Waals surface area contributed by atoms with Crippen LogP contribution in [0.2, 0.25) is 0 Å². The molecule has 0 aromatic carbocycles. The van der Waals surface area contributed by atoms with Gasteiger partial charge < -0.3 is 18.9 Å². The molecule has 9 nitrogen and oxygen atoms in total. The fourth-order valence-corrected chi connectivity index (χ4v) is 11.6. The number of likely N-dealkylation sites (N-methyl/N-ethyl adjacent to an activating group) is 1. The Hall–Kier alpha value is -1.51. The second-order valence-corrected chi connectivity index (χ2v) is 27.4. The van der Waals surface area contributed by atoms with Gasteiger partial charge >= 0.3 is 19.8 Å². The highest BCUT2D eigenvalue weighted by Crippen LogP contribution is 2.43. The monoisotopic (exact) mass is 1180 g/mol. The standard InChI is InChI=1S/C72H140NO8P/c1-6-8-10-12-14-16-18-20-22-24-26-28-30-31-32-33-34-35-36-37-38-39-40-41-43-45-47-49-51-53-55-57-59-61-63-65-72(75)81-70(69-80-82(76,77)79-67-66-73(3,4)5)68-78-71(74)64-62-60-58-56-54-52-50-48-46-44-42-29-27-25-23-21-19-17-15-13-11-9-7-2/h24-27,70H,6-23,28-69H2,1-5H3/p+1/b26-24-,27-25-. The molecule has 0 rings (SSSR count). The zero-order valence-corrected chi connectivity index (χ0v) is 56.4. The van der Waals surface area contributed by atoms with Crippen LogP contribution in [-0.4, -0.2) is 74.9 Å². The number of rotatable bonds is 68. The van der Waals surface area contributed by atoms with Gasteiger partial charge in [0, 0.05) is 12.8 Å². The molecule has 0 radical (unpaired) electrons. The van der Waals surface area contributed by atoms with Gasteiger partial charge in [0.25, 0.3) is 0 Å². The van der Waals surface area contributed by atoms with Gasteiger partial charge in [0.05, 0.1) is 27.7 Å². The Balaban J connectivity index is 3.95. The molecular weight excluding hydrogens is 1040 g/mol. The maximum atomic E-state index is 12.9. The van der Waals surface area contributed by atoms with Crippen molar-refractivity contribution >= 4 is 19.8 Å². The summed E-state index contributed by atoms with van der Waals surface area (Å²) in [5.41, 5.74) is 0. The first-order valence-electron chi connectivity index (χ1n) is 36.1. The molecular formula is C72H141NO8P+. The smallest absolute Gasteiger partial charge is 0.462 e. The lowest BCUT2D eigenvalue weighted by Crippen LogP contribution is -2.37. The van der Waals surface area contributed by atoms with Crippen molar-refractivity contribution in [1.29, 1.82) is 0 Å². The van der Waals surface area contributed by atoms with Gasteiger partial charge in [0.2, 0.25) is 0 Å². The van der Waals surface area contributed by atoms with Crippen LogP contribution in [0.3, 0.4) is 0 Å². The van der Waals surface area contributed by atoms with Crippen LogP contribution in [0, 0.1) is 0 Å². The van der Waals surface area contributed by atoms with E-state index >= 15 is 0 Å². The van der Waals surface area contributed by atoms with Gasteiger partial charge in [0.15, 0.2) is 6.10 Å². The van der Waals surface area contributed by atoms with Gasteiger partial charge in [0.1, 0.15) is 19.8 Å². The van der Waals surface area contributed by atoms with Gasteiger partial charge in [-0.25, -0.2) is 4.57 Å². The topological polar surface area (TPSA) is 108 Å². The number of ether oxygens (including phenoxy) is 2. The predicted molar refractivity (Wildman–Crippen MR) is 354 cm³/mol. The number of carbonyl (C=O) groups excluding carboxylic acids is 2. The van der Waals surface area contributed by atoms with Crippen LogP contribution in [0.25, 0.3) is 0 Å². The Kier molecular flexibility index (Phi) is 62.8. The number of nitrogens with zero attached hydrogens (tertiary/aromatic N) is 1. The van der Waals surface area contributed by atoms with Crippen LogP contribution in [0.15, 0.2) is 24.3 Å². The highest BCUT2D eigenvalue weighted by atomic mass is 31.2. The summed E-state index contributed by atoms with van der Waals surface area (Å²) in [4.78, 5) is 35.9. The SMILES string of the molecule is CCCCCCCCCC/C=C\CCCCCCCCCCCCCCCCCCCCCCCCCC(=O)OC(COC(=O)CCCCCCCCCCCCC/C=C\CCCCCCCCCC)COP(=O)(O)OCC[N+](C)(C)C. The lowest BCUT2D eigenvalue weighted by atomic mass is 10.0. The summed E-state index contributed by atoms with van der Waals surface area (Å²) in [6.45, 7) is 4.51. The van der Waals surface area contributed by atoms with Crippen LogP contribution in [-0.2, 0) is 32.7 Å². The molecule has 0 aliphatic heterocycles. The molecule has 1 N–H and O–H groups in total. The number of allylic oxidation sites excluding steroid dienone is 4. The van der Waals surface area contributed by atoms with Gasteiger partial charge in [-0.3, -0.25) is 18.6 Å². The summed E-state index contributed by atoms with van der Waals surface area (Å²) in [5, 5.41) is 0. The van der Waals surface area contributed by atoms with Crippen molar-refractivity contribution in [3.8, 4) is 0 Å². The number of esters is 2. The number of phosphoric acid groups is 1. The van der Waals surface area contributed by atoms with Crippen molar-refractivity contribution in [2.24, 2.45) is 0 Å². The van der Waals surface area contributed by atoms with E-state index in [0.717, 1.165) is 32.1 Å². The van der Waals surface area contributed by atoms with Gasteiger partial charge in [-0.1, -0.05) is 321 Å². The molecule has 0 heterocycles. The predicted octanol–water partition coefficient (Wildman–Crippen LogP) is 23.3. The first-order valence-corrected chi connectivity index (χ1v) is 37.6. The highest BCUT2D eigenvalue weighted by Gasteiger charge is 2.27. The third kappa shape index (κ3) is 67.6. The second kappa shape index (κ2) is 64.0. The van der Waals surface area contributed by atoms with Crippen molar-refractivity contribution in [3.63, 3.8) is 0 Å². The minimum atomic E-state index is -4.39. The van der Waals surface area contributed by atoms with Crippen molar-refractivity contribution in [2.45, 2.75) is 380 Å². The molecule has 10 heteroatoms. The Morgan fingerprint density at radius 1 is 0.366 bits per heavy atom. The Morgan fingerprint density at radius 3 is 0.902 bits per heavy atom. The molecule has 82 heavy (non-hydrogen) atoms. The molecule has 0 saturated carbocycles. The molecule has 0 saturated heterocycles. The number of hydrogen-bond donors (Lipinski definition) is 1. The summed E-state index contributed by atoms with van der Waals surface area (Å²) >= 11 is 0. The number of hydrogen-bond acceptors (Lipinski definition) is 7. The Bertz CT molecular complexity index is 1430. The fraction of sp³-hybridized carbons (Fsp3) is 0.917. The number of unbranched alkanes of at least 4 members (excludes halogenated alkanes) is 50. The highest BCUT2D eigenvalue weighted by molar-refractivity contribution is 7.47. The summed E-state index contributed by atoms with van der Waals surface area (Å²) in [6, 6.07) is 0. The van der Waals surface area contributed by atoms with Crippen LogP contribution in [0.4, 0.5) is 0 Å². The quantitative estimate of drug-likeness (QED) is 0.0211. The summed E-state index contributed by atoms with van der Waals surface area (Å²) < 4.78 is 34.7. The first kappa shape index (κ1) is 80.5. The van der Waals surface area contributed by atoms with E-state index < -0.39 is 26.5 Å². The maximum absolute atomic E-state index is 12.9. The molecule has 0 amide bonds. The largest absolute Gasteiger partial charge is 0.472 e. The zero-order valence-electron chi connectivity index (χ0n) is 55.5. The van der Waals surface area contributed by atoms with Gasteiger partial charge in [-0.2, -0.15) is 0 Å². The van der Waals surface area contributed by atoms with Gasteiger partial charge in [-0.05, 0) is 64.2 Å². The summed E-state index contributed by atoms with van der Waals surface area (Å²) in [7, 11) is 1.50. The Labute approximate surface area is 510 Å². The van der Waals surface area contributed by atoms with Crippen molar-refractivity contribution in [1.82, 2.24) is 0 Å². The van der Waals surface area contributed by atoms with Crippen LogP contribution >= 0.6 is 7.82 Å². The Morgan fingerprint density at radius 2 is 0.622 bits per heavy atom. The van der Waals surface area contributed by atoms with Crippen LogP contribution < -0.4 is 0 Å². The minimum absolute atomic E-state index is 0.0351. The summed E-state index contributed by atoms with van der Waals surface area (Å²) in [6.07, 6.45) is 80.1. The normalized spacial score (nSPS) is 13.2. The average Bonchev–Trinajstić information content (AvgIpc) is 3.45. The van der Waals surface area contributed by atoms with Crippen molar-refractivity contribution < 1.29 is 42.1 Å². The fourth-order valence-electron chi connectivity index (χ4n) is 10.9. The van der Waals surface area contributed by atoms with Crippen molar-refractivity contribution in [3.05, 3.63) is 24.3 Å². The molecule has 2 atom stereocenters. The molecule has 0 aromatic heterocycles. The number of quaternary nitrogens is 1. The van der Waals surface area contributed by atoms with E-state index in [-0.39, 0.29) is 25.6 Å². The van der Waals surface area contributed by atoms with Gasteiger partial charge in [-0.15, -0.1) is 0 Å². The third-order valence-corrected chi connectivity index (χ3v) is 17.4. The number of carbonyl (C=O) groups is 2. The van der Waals surface area contributed by atoms with Crippen LogP contribution in [0.5, 0.6) is 0 Å². The third-order valence-electron chi connectivity index (χ3n) is 16.5. The molecule has 486 valence electrons. The number of phosphoric ester groups is 1. The molecule has 0 aliphatic carbocycles. The molecule has 0 fully saturated rings. The van der Waals surface area contributed by atoms with E-state index in [4.69, 9.17) is 18.5 Å². The van der Waals surface area contributed by atoms with E-state index in [1.165, 1.54) is 308 Å². The van der Waals surface area contributed by atoms with E-state index in [1.807, 2.05) is 21.1 Å². The van der Waals surface area contributed by atoms with Crippen LogP contribution in [0.1, 0.15) is 373 Å². The zero-order chi connectivity index (χ0) is 59.8.